The van der Waals surface area contributed by atoms with Gasteiger partial charge in [0.1, 0.15) is 0 Å². The lowest BCUT2D eigenvalue weighted by molar-refractivity contribution is 0.359. The maximum atomic E-state index is 3.51. The number of nitrogens with zero attached hydrogens (tertiary/aromatic N) is 1. The molecule has 17 heavy (non-hydrogen) atoms. The number of para-hydroxylation sites is 1. The van der Waals surface area contributed by atoms with E-state index in [1.54, 1.807) is 0 Å². The Morgan fingerprint density at radius 3 is 3.12 bits per heavy atom. The number of anilines is 1. The predicted octanol–water partition coefficient (Wildman–Crippen LogP) is 2.44. The normalized spacial score (nSPS) is 23.8. The van der Waals surface area contributed by atoms with Gasteiger partial charge in [-0.1, -0.05) is 18.2 Å². The van der Waals surface area contributed by atoms with E-state index in [1.165, 1.54) is 63.1 Å². The minimum Gasteiger partial charge on any atom is -0.371 e. The van der Waals surface area contributed by atoms with Crippen molar-refractivity contribution in [2.24, 2.45) is 5.92 Å². The molecule has 2 nitrogen and oxygen atoms in total. The van der Waals surface area contributed by atoms with E-state index in [0.29, 0.717) is 0 Å². The Kier molecular flexibility index (Phi) is 3.32. The summed E-state index contributed by atoms with van der Waals surface area (Å²) in [6.45, 7) is 4.92. The molecule has 0 aromatic heterocycles. The first kappa shape index (κ1) is 11.1. The van der Waals surface area contributed by atoms with Gasteiger partial charge in [-0.05, 0) is 56.3 Å². The summed E-state index contributed by atoms with van der Waals surface area (Å²) in [5.41, 5.74) is 3.02. The molecule has 92 valence electrons. The first-order chi connectivity index (χ1) is 8.43. The van der Waals surface area contributed by atoms with Crippen molar-refractivity contribution >= 4 is 5.69 Å². The molecule has 0 radical (unpaired) electrons. The second-order valence-corrected chi connectivity index (χ2v) is 5.37. The third-order valence-electron chi connectivity index (χ3n) is 4.19. The van der Waals surface area contributed by atoms with Crippen molar-refractivity contribution in [1.82, 2.24) is 5.32 Å². The van der Waals surface area contributed by atoms with Crippen LogP contribution in [0.4, 0.5) is 5.69 Å². The molecule has 2 heterocycles. The van der Waals surface area contributed by atoms with Gasteiger partial charge in [-0.15, -0.1) is 0 Å². The molecule has 3 rings (SSSR count). The predicted molar refractivity (Wildman–Crippen MR) is 72.6 cm³/mol. The van der Waals surface area contributed by atoms with Gasteiger partial charge in [0.15, 0.2) is 0 Å². The van der Waals surface area contributed by atoms with Crippen LogP contribution in [-0.4, -0.2) is 26.2 Å². The molecular weight excluding hydrogens is 208 g/mol. The highest BCUT2D eigenvalue weighted by Gasteiger charge is 2.20. The van der Waals surface area contributed by atoms with E-state index in [4.69, 9.17) is 0 Å². The van der Waals surface area contributed by atoms with Gasteiger partial charge < -0.3 is 10.2 Å². The summed E-state index contributed by atoms with van der Waals surface area (Å²) >= 11 is 0. The highest BCUT2D eigenvalue weighted by molar-refractivity contribution is 5.57. The van der Waals surface area contributed by atoms with E-state index >= 15 is 0 Å². The summed E-state index contributed by atoms with van der Waals surface area (Å²) in [5.74, 6) is 0.900. The lowest BCUT2D eigenvalue weighted by Crippen LogP contribution is -2.32. The van der Waals surface area contributed by atoms with Gasteiger partial charge in [-0.3, -0.25) is 0 Å². The zero-order chi connectivity index (χ0) is 11.5. The van der Waals surface area contributed by atoms with Crippen molar-refractivity contribution in [2.75, 3.05) is 31.1 Å². The first-order valence-electron chi connectivity index (χ1n) is 6.97. The van der Waals surface area contributed by atoms with Crippen molar-refractivity contribution in [1.29, 1.82) is 0 Å². The lowest BCUT2D eigenvalue weighted by Gasteiger charge is -2.26. The smallest absolute Gasteiger partial charge is 0.0399 e. The quantitative estimate of drug-likeness (QED) is 0.858. The zero-order valence-corrected chi connectivity index (χ0v) is 10.5. The van der Waals surface area contributed by atoms with Crippen molar-refractivity contribution in [2.45, 2.75) is 25.7 Å². The number of rotatable bonds is 3. The maximum absolute atomic E-state index is 3.51. The number of hydrogen-bond donors (Lipinski definition) is 1. The van der Waals surface area contributed by atoms with Crippen molar-refractivity contribution < 1.29 is 0 Å². The highest BCUT2D eigenvalue weighted by Crippen LogP contribution is 2.28. The first-order valence-corrected chi connectivity index (χ1v) is 6.97. The Morgan fingerprint density at radius 1 is 1.29 bits per heavy atom. The number of fused-ring (bicyclic) bond motifs is 1. The highest BCUT2D eigenvalue weighted by atomic mass is 15.1. The number of benzene rings is 1. The van der Waals surface area contributed by atoms with Crippen LogP contribution >= 0.6 is 0 Å². The molecule has 1 N–H and O–H groups in total. The van der Waals surface area contributed by atoms with E-state index in [1.807, 2.05) is 0 Å². The monoisotopic (exact) mass is 230 g/mol. The molecule has 1 aromatic carbocycles. The fourth-order valence-electron chi connectivity index (χ4n) is 3.15. The largest absolute Gasteiger partial charge is 0.371 e. The zero-order valence-electron chi connectivity index (χ0n) is 10.5. The summed E-state index contributed by atoms with van der Waals surface area (Å²) in [7, 11) is 0. The molecule has 0 amide bonds. The van der Waals surface area contributed by atoms with Gasteiger partial charge in [0.2, 0.25) is 0 Å². The van der Waals surface area contributed by atoms with Crippen LogP contribution in [0.25, 0.3) is 0 Å². The van der Waals surface area contributed by atoms with Gasteiger partial charge in [0.25, 0.3) is 0 Å². The van der Waals surface area contributed by atoms with Gasteiger partial charge in [-0.25, -0.2) is 0 Å². The molecule has 0 bridgehead atoms. The molecule has 1 aromatic rings. The molecule has 1 fully saturated rings. The van der Waals surface area contributed by atoms with E-state index in [9.17, 15) is 0 Å². The Balaban J connectivity index is 1.56. The average molecular weight is 230 g/mol. The SMILES string of the molecule is c1ccc2c(c1)CCN2CC[C@H]1CCCNC1. The maximum Gasteiger partial charge on any atom is 0.0399 e. The lowest BCUT2D eigenvalue weighted by atomic mass is 9.96. The van der Waals surface area contributed by atoms with Gasteiger partial charge in [-0.2, -0.15) is 0 Å². The van der Waals surface area contributed by atoms with Crippen LogP contribution in [0, 0.1) is 5.92 Å². The van der Waals surface area contributed by atoms with Crippen LogP contribution in [0.5, 0.6) is 0 Å². The minimum absolute atomic E-state index is 0.900. The summed E-state index contributed by atoms with van der Waals surface area (Å²) < 4.78 is 0. The van der Waals surface area contributed by atoms with Gasteiger partial charge in [0.05, 0.1) is 0 Å². The standard InChI is InChI=1S/C15H22N2/c1-2-6-15-14(5-1)8-11-17(15)10-7-13-4-3-9-16-12-13/h1-2,5-6,13,16H,3-4,7-12H2/t13-/m1/s1. The Labute approximate surface area is 104 Å². The van der Waals surface area contributed by atoms with E-state index in [0.717, 1.165) is 5.92 Å². The molecule has 0 spiro atoms. The third kappa shape index (κ3) is 2.47. The van der Waals surface area contributed by atoms with Crippen LogP contribution in [0.1, 0.15) is 24.8 Å². The molecule has 2 heteroatoms. The fraction of sp³-hybridized carbons (Fsp3) is 0.600. The van der Waals surface area contributed by atoms with Gasteiger partial charge >= 0.3 is 0 Å². The Morgan fingerprint density at radius 2 is 2.24 bits per heavy atom. The average Bonchev–Trinajstić information content (AvgIpc) is 2.81. The molecule has 0 unspecified atom stereocenters. The Bertz CT molecular complexity index is 369. The molecule has 2 aliphatic heterocycles. The second-order valence-electron chi connectivity index (χ2n) is 5.37. The van der Waals surface area contributed by atoms with Crippen LogP contribution in [0.3, 0.4) is 0 Å². The summed E-state index contributed by atoms with van der Waals surface area (Å²) in [4.78, 5) is 2.57. The third-order valence-corrected chi connectivity index (χ3v) is 4.19. The number of nitrogens with one attached hydrogen (secondary N) is 1. The summed E-state index contributed by atoms with van der Waals surface area (Å²) in [6, 6.07) is 8.88. The number of hydrogen-bond acceptors (Lipinski definition) is 2. The van der Waals surface area contributed by atoms with Crippen LogP contribution in [-0.2, 0) is 6.42 Å². The van der Waals surface area contributed by atoms with Crippen LogP contribution in [0.15, 0.2) is 24.3 Å². The fourth-order valence-corrected chi connectivity index (χ4v) is 3.15. The van der Waals surface area contributed by atoms with Gasteiger partial charge in [0, 0.05) is 18.8 Å². The topological polar surface area (TPSA) is 15.3 Å². The number of piperidine rings is 1. The van der Waals surface area contributed by atoms with E-state index < -0.39 is 0 Å². The van der Waals surface area contributed by atoms with Crippen molar-refractivity contribution in [3.05, 3.63) is 29.8 Å². The summed E-state index contributed by atoms with van der Waals surface area (Å²) in [5, 5.41) is 3.51. The van der Waals surface area contributed by atoms with Crippen LogP contribution < -0.4 is 10.2 Å². The van der Waals surface area contributed by atoms with Crippen molar-refractivity contribution in [3.63, 3.8) is 0 Å². The second kappa shape index (κ2) is 5.09. The minimum atomic E-state index is 0.900. The molecule has 1 atom stereocenters. The summed E-state index contributed by atoms with van der Waals surface area (Å²) in [6.07, 6.45) is 5.37. The molecule has 0 aliphatic carbocycles. The van der Waals surface area contributed by atoms with Crippen molar-refractivity contribution in [3.8, 4) is 0 Å². The molecule has 2 aliphatic rings. The molecule has 0 saturated carbocycles. The Hall–Kier alpha value is -1.02. The van der Waals surface area contributed by atoms with Crippen LogP contribution in [0.2, 0.25) is 0 Å². The van der Waals surface area contributed by atoms with E-state index in [2.05, 4.69) is 34.5 Å². The molecular formula is C15H22N2. The van der Waals surface area contributed by atoms with E-state index in [-0.39, 0.29) is 0 Å². The molecule has 1 saturated heterocycles.